The average Bonchev–Trinajstić information content (AvgIpc) is 3.07. The maximum absolute atomic E-state index is 12.6. The molecule has 0 saturated carbocycles. The number of carbonyl (C=O) groups excluding carboxylic acids is 1. The third-order valence-electron chi connectivity index (χ3n) is 5.62. The summed E-state index contributed by atoms with van der Waals surface area (Å²) in [6.07, 6.45) is 7.53. The summed E-state index contributed by atoms with van der Waals surface area (Å²) in [5.41, 5.74) is 4.85. The summed E-state index contributed by atoms with van der Waals surface area (Å²) in [7, 11) is 1.59. The zero-order chi connectivity index (χ0) is 23.0. The fourth-order valence-electron chi connectivity index (χ4n) is 3.91. The molecule has 0 aliphatic heterocycles. The van der Waals surface area contributed by atoms with E-state index < -0.39 is 0 Å². The molecule has 3 aromatic rings. The summed E-state index contributed by atoms with van der Waals surface area (Å²) in [5, 5.41) is 9.66. The number of fused-ring (bicyclic) bond motifs is 1. The highest BCUT2D eigenvalue weighted by Gasteiger charge is 2.14. The van der Waals surface area contributed by atoms with E-state index in [1.165, 1.54) is 30.4 Å². The van der Waals surface area contributed by atoms with Gasteiger partial charge in [-0.15, -0.1) is 0 Å². The zero-order valence-corrected chi connectivity index (χ0v) is 19.4. The highest BCUT2D eigenvalue weighted by Crippen LogP contribution is 2.28. The molecule has 0 spiro atoms. The van der Waals surface area contributed by atoms with Crippen LogP contribution in [0.4, 0.5) is 23.1 Å². The van der Waals surface area contributed by atoms with Crippen molar-refractivity contribution in [3.05, 3.63) is 70.4 Å². The van der Waals surface area contributed by atoms with Gasteiger partial charge < -0.3 is 20.7 Å². The minimum atomic E-state index is -0.205. The minimum Gasteiger partial charge on any atom is -0.383 e. The van der Waals surface area contributed by atoms with Crippen LogP contribution in [0.25, 0.3) is 0 Å². The number of aromatic nitrogens is 2. The van der Waals surface area contributed by atoms with E-state index in [4.69, 9.17) is 16.3 Å². The van der Waals surface area contributed by atoms with E-state index in [0.717, 1.165) is 18.5 Å². The van der Waals surface area contributed by atoms with Crippen molar-refractivity contribution in [3.63, 3.8) is 0 Å². The SMILES string of the molecule is COCCNC(=O)c1ccccc1Nc1nc(Nc2ccc3c(c2)CCCCC3)ncc1Cl. The Hall–Kier alpha value is -3.16. The molecule has 0 atom stereocenters. The quantitative estimate of drug-likeness (QED) is 0.310. The van der Waals surface area contributed by atoms with Gasteiger partial charge in [0.2, 0.25) is 5.95 Å². The van der Waals surface area contributed by atoms with Gasteiger partial charge in [0.05, 0.1) is 24.1 Å². The van der Waals surface area contributed by atoms with E-state index >= 15 is 0 Å². The molecule has 0 bridgehead atoms. The fourth-order valence-corrected chi connectivity index (χ4v) is 4.05. The zero-order valence-electron chi connectivity index (χ0n) is 18.7. The molecule has 2 aromatic carbocycles. The van der Waals surface area contributed by atoms with Crippen molar-refractivity contribution in [2.45, 2.75) is 32.1 Å². The van der Waals surface area contributed by atoms with Crippen LogP contribution in [-0.4, -0.2) is 36.1 Å². The number of carbonyl (C=O) groups is 1. The molecular weight excluding hydrogens is 438 g/mol. The van der Waals surface area contributed by atoms with Gasteiger partial charge >= 0.3 is 0 Å². The number of hydrogen-bond acceptors (Lipinski definition) is 6. The van der Waals surface area contributed by atoms with Crippen molar-refractivity contribution in [2.24, 2.45) is 0 Å². The molecule has 1 amide bonds. The first-order chi connectivity index (χ1) is 16.1. The van der Waals surface area contributed by atoms with Gasteiger partial charge in [-0.2, -0.15) is 4.98 Å². The molecule has 0 fully saturated rings. The summed E-state index contributed by atoms with van der Waals surface area (Å²) in [4.78, 5) is 21.5. The van der Waals surface area contributed by atoms with E-state index in [9.17, 15) is 4.79 Å². The monoisotopic (exact) mass is 465 g/mol. The number of halogens is 1. The van der Waals surface area contributed by atoms with Gasteiger partial charge in [-0.25, -0.2) is 4.98 Å². The van der Waals surface area contributed by atoms with E-state index in [-0.39, 0.29) is 5.91 Å². The highest BCUT2D eigenvalue weighted by molar-refractivity contribution is 6.33. The van der Waals surface area contributed by atoms with Crippen LogP contribution >= 0.6 is 11.6 Å². The number of nitrogens with zero attached hydrogens (tertiary/aromatic N) is 2. The molecule has 8 heteroatoms. The number of benzene rings is 2. The Balaban J connectivity index is 1.52. The predicted molar refractivity (Wildman–Crippen MR) is 132 cm³/mol. The molecule has 0 unspecified atom stereocenters. The van der Waals surface area contributed by atoms with Crippen molar-refractivity contribution in [1.82, 2.24) is 15.3 Å². The number of para-hydroxylation sites is 1. The molecule has 1 aromatic heterocycles. The second kappa shape index (κ2) is 11.1. The van der Waals surface area contributed by atoms with Gasteiger partial charge in [-0.1, -0.05) is 36.2 Å². The molecule has 1 aliphatic rings. The number of rotatable bonds is 8. The molecule has 1 aliphatic carbocycles. The van der Waals surface area contributed by atoms with Gasteiger partial charge in [-0.3, -0.25) is 4.79 Å². The van der Waals surface area contributed by atoms with Crippen LogP contribution in [0.2, 0.25) is 5.02 Å². The summed E-state index contributed by atoms with van der Waals surface area (Å²) >= 11 is 6.36. The first-order valence-electron chi connectivity index (χ1n) is 11.2. The lowest BCUT2D eigenvalue weighted by Crippen LogP contribution is -2.27. The summed E-state index contributed by atoms with van der Waals surface area (Å²) in [5.74, 6) is 0.641. The number of methoxy groups -OCH3 is 1. The number of anilines is 4. The van der Waals surface area contributed by atoms with E-state index in [2.05, 4.69) is 44.1 Å². The summed E-state index contributed by atoms with van der Waals surface area (Å²) in [6, 6.07) is 13.6. The van der Waals surface area contributed by atoms with Gasteiger partial charge in [0.1, 0.15) is 5.02 Å². The van der Waals surface area contributed by atoms with Crippen LogP contribution in [0.15, 0.2) is 48.7 Å². The number of nitrogens with one attached hydrogen (secondary N) is 3. The Bertz CT molecular complexity index is 1120. The first kappa shape index (κ1) is 23.0. The average molecular weight is 466 g/mol. The van der Waals surface area contributed by atoms with Gasteiger partial charge in [-0.05, 0) is 61.1 Å². The molecule has 1 heterocycles. The highest BCUT2D eigenvalue weighted by atomic mass is 35.5. The minimum absolute atomic E-state index is 0.205. The van der Waals surface area contributed by atoms with E-state index in [1.807, 2.05) is 18.2 Å². The van der Waals surface area contributed by atoms with E-state index in [0.29, 0.717) is 41.2 Å². The van der Waals surface area contributed by atoms with Crippen LogP contribution < -0.4 is 16.0 Å². The normalized spacial score (nSPS) is 13.0. The third kappa shape index (κ3) is 6.00. The number of amides is 1. The Morgan fingerprint density at radius 2 is 1.88 bits per heavy atom. The fraction of sp³-hybridized carbons (Fsp3) is 0.320. The number of aryl methyl sites for hydroxylation is 2. The largest absolute Gasteiger partial charge is 0.383 e. The second-order valence-corrected chi connectivity index (χ2v) is 8.39. The maximum atomic E-state index is 12.6. The Kier molecular flexibility index (Phi) is 7.75. The van der Waals surface area contributed by atoms with Gasteiger partial charge in [0.25, 0.3) is 5.91 Å². The van der Waals surface area contributed by atoms with Crippen LogP contribution in [0.5, 0.6) is 0 Å². The topological polar surface area (TPSA) is 88.2 Å². The molecular formula is C25H28ClN5O2. The second-order valence-electron chi connectivity index (χ2n) is 7.98. The lowest BCUT2D eigenvalue weighted by molar-refractivity contribution is 0.0938. The lowest BCUT2D eigenvalue weighted by Gasteiger charge is -2.14. The molecule has 7 nitrogen and oxygen atoms in total. The molecule has 0 saturated heterocycles. The third-order valence-corrected chi connectivity index (χ3v) is 5.89. The lowest BCUT2D eigenvalue weighted by atomic mass is 10.0. The van der Waals surface area contributed by atoms with Crippen LogP contribution in [0.1, 0.15) is 40.7 Å². The van der Waals surface area contributed by atoms with Crippen molar-refractivity contribution >= 4 is 40.6 Å². The first-order valence-corrected chi connectivity index (χ1v) is 11.6. The predicted octanol–water partition coefficient (Wildman–Crippen LogP) is 5.26. The van der Waals surface area contributed by atoms with E-state index in [1.54, 1.807) is 19.4 Å². The molecule has 4 rings (SSSR count). The molecule has 172 valence electrons. The number of ether oxygens (including phenoxy) is 1. The Labute approximate surface area is 198 Å². The number of hydrogen-bond donors (Lipinski definition) is 3. The van der Waals surface area contributed by atoms with Crippen molar-refractivity contribution in [3.8, 4) is 0 Å². The van der Waals surface area contributed by atoms with Gasteiger partial charge in [0, 0.05) is 19.3 Å². The molecule has 0 radical (unpaired) electrons. The summed E-state index contributed by atoms with van der Waals surface area (Å²) in [6.45, 7) is 0.865. The Morgan fingerprint density at radius 3 is 2.73 bits per heavy atom. The molecule has 3 N–H and O–H groups in total. The summed E-state index contributed by atoms with van der Waals surface area (Å²) < 4.78 is 5.00. The van der Waals surface area contributed by atoms with Crippen molar-refractivity contribution in [2.75, 3.05) is 30.9 Å². The van der Waals surface area contributed by atoms with Crippen LogP contribution in [-0.2, 0) is 17.6 Å². The molecule has 33 heavy (non-hydrogen) atoms. The van der Waals surface area contributed by atoms with Crippen LogP contribution in [0.3, 0.4) is 0 Å². The Morgan fingerprint density at radius 1 is 1.06 bits per heavy atom. The van der Waals surface area contributed by atoms with Crippen LogP contribution in [0, 0.1) is 0 Å². The maximum Gasteiger partial charge on any atom is 0.253 e. The smallest absolute Gasteiger partial charge is 0.253 e. The standard InChI is InChI=1S/C25H28ClN5O2/c1-33-14-13-27-24(32)20-9-5-6-10-22(20)30-23-21(26)16-28-25(31-23)29-19-12-11-17-7-3-2-4-8-18(17)15-19/h5-6,9-12,15-16H,2-4,7-8,13-14H2,1H3,(H,27,32)(H2,28,29,30,31). The van der Waals surface area contributed by atoms with Crippen molar-refractivity contribution in [1.29, 1.82) is 0 Å². The van der Waals surface area contributed by atoms with Crippen molar-refractivity contribution < 1.29 is 9.53 Å². The van der Waals surface area contributed by atoms with Gasteiger partial charge in [0.15, 0.2) is 5.82 Å².